The summed E-state index contributed by atoms with van der Waals surface area (Å²) in [4.78, 5) is 89.5. The summed E-state index contributed by atoms with van der Waals surface area (Å²) in [6.45, 7) is 9.18. The molecule has 0 unspecified atom stereocenters. The fraction of sp³-hybridized carbons (Fsp3) is 0.571. The first kappa shape index (κ1) is 27.5. The molecule has 0 spiro atoms. The lowest BCUT2D eigenvalue weighted by Crippen LogP contribution is -2.42. The van der Waals surface area contributed by atoms with Crippen molar-refractivity contribution in [2.24, 2.45) is 0 Å². The zero-order valence-electron chi connectivity index (χ0n) is 19.9. The molecular weight excluding hydrogens is 432 g/mol. The Bertz CT molecular complexity index is 768. The molecule has 1 rings (SSSR count). The van der Waals surface area contributed by atoms with E-state index in [0.29, 0.717) is 14.7 Å². The van der Waals surface area contributed by atoms with E-state index in [1.165, 1.54) is 41.5 Å². The van der Waals surface area contributed by atoms with Crippen LogP contribution in [0.5, 0.6) is 0 Å². The number of carbonyl (C=O) groups excluding carboxylic acids is 6. The van der Waals surface area contributed by atoms with Gasteiger partial charge >= 0.3 is 0 Å². The average molecular weight is 463 g/mol. The highest BCUT2D eigenvalue weighted by molar-refractivity contribution is 6.17. The van der Waals surface area contributed by atoms with Crippen LogP contribution >= 0.6 is 0 Å². The third-order valence-corrected chi connectivity index (χ3v) is 4.51. The van der Waals surface area contributed by atoms with Crippen molar-refractivity contribution in [3.63, 3.8) is 0 Å². The second kappa shape index (κ2) is 12.5. The Balaban J connectivity index is 3.99. The monoisotopic (exact) mass is 462 g/mol. The number of anilines is 3. The first-order valence-corrected chi connectivity index (χ1v) is 10.9. The van der Waals surface area contributed by atoms with Gasteiger partial charge in [0.2, 0.25) is 53.3 Å². The highest BCUT2D eigenvalue weighted by atomic mass is 16.2. The highest BCUT2D eigenvalue weighted by Crippen LogP contribution is 2.23. The van der Waals surface area contributed by atoms with Crippen LogP contribution in [0, 0.1) is 0 Å². The minimum absolute atomic E-state index is 0.0704. The van der Waals surface area contributed by atoms with Gasteiger partial charge in [-0.1, -0.05) is 41.5 Å². The molecule has 0 aromatic carbocycles. The molecule has 0 atom stereocenters. The molecule has 0 aliphatic rings. The lowest BCUT2D eigenvalue weighted by Gasteiger charge is -2.24. The first-order chi connectivity index (χ1) is 15.6. The number of hydrogen-bond acceptors (Lipinski definition) is 9. The third kappa shape index (κ3) is 6.24. The molecule has 0 aliphatic heterocycles. The van der Waals surface area contributed by atoms with Crippen LogP contribution in [0.4, 0.5) is 17.8 Å². The van der Waals surface area contributed by atoms with Crippen molar-refractivity contribution < 1.29 is 28.8 Å². The van der Waals surface area contributed by atoms with E-state index in [9.17, 15) is 28.8 Å². The zero-order valence-corrected chi connectivity index (χ0v) is 19.9. The standard InChI is InChI=1S/C21H30N6O6/c1-7-13(28)25(14(29)8-2)19-22-20(26(15(30)9-3)16(31)10-4)24-21(23-19)27(17(32)11-5)18(33)12-6/h7-12H2,1-6H3. The Labute approximate surface area is 192 Å². The molecule has 0 saturated carbocycles. The van der Waals surface area contributed by atoms with Crippen molar-refractivity contribution in [3.05, 3.63) is 0 Å². The lowest BCUT2D eigenvalue weighted by atomic mass is 10.3. The summed E-state index contributed by atoms with van der Waals surface area (Å²) in [7, 11) is 0. The van der Waals surface area contributed by atoms with Crippen LogP contribution < -0.4 is 14.7 Å². The van der Waals surface area contributed by atoms with E-state index < -0.39 is 53.3 Å². The summed E-state index contributed by atoms with van der Waals surface area (Å²) in [5.74, 6) is -5.31. The summed E-state index contributed by atoms with van der Waals surface area (Å²) >= 11 is 0. The zero-order chi connectivity index (χ0) is 25.3. The van der Waals surface area contributed by atoms with Gasteiger partial charge in [0.25, 0.3) is 0 Å². The van der Waals surface area contributed by atoms with Gasteiger partial charge < -0.3 is 0 Å². The normalized spacial score (nSPS) is 10.4. The summed E-state index contributed by atoms with van der Waals surface area (Å²) in [5, 5.41) is 0. The average Bonchev–Trinajstić information content (AvgIpc) is 2.83. The van der Waals surface area contributed by atoms with E-state index in [1.54, 1.807) is 0 Å². The van der Waals surface area contributed by atoms with Crippen LogP contribution in [-0.2, 0) is 28.8 Å². The Morgan fingerprint density at radius 3 is 0.697 bits per heavy atom. The Morgan fingerprint density at radius 2 is 0.576 bits per heavy atom. The van der Waals surface area contributed by atoms with E-state index >= 15 is 0 Å². The van der Waals surface area contributed by atoms with Gasteiger partial charge in [-0.25, -0.2) is 14.7 Å². The quantitative estimate of drug-likeness (QED) is 0.536. The molecule has 6 amide bonds. The molecule has 12 nitrogen and oxygen atoms in total. The summed E-state index contributed by atoms with van der Waals surface area (Å²) < 4.78 is 0. The fourth-order valence-electron chi connectivity index (χ4n) is 2.68. The summed E-state index contributed by atoms with van der Waals surface area (Å²) in [6.07, 6.45) is -0.422. The van der Waals surface area contributed by atoms with Crippen molar-refractivity contribution in [2.75, 3.05) is 14.7 Å². The molecule has 1 heterocycles. The van der Waals surface area contributed by atoms with Gasteiger partial charge in [0.1, 0.15) is 0 Å². The molecule has 1 aromatic rings. The molecule has 0 radical (unpaired) electrons. The van der Waals surface area contributed by atoms with Crippen LogP contribution in [0.3, 0.4) is 0 Å². The van der Waals surface area contributed by atoms with Crippen LogP contribution in [-0.4, -0.2) is 50.4 Å². The highest BCUT2D eigenvalue weighted by Gasteiger charge is 2.32. The van der Waals surface area contributed by atoms with Gasteiger partial charge in [0.05, 0.1) is 0 Å². The second-order valence-electron chi connectivity index (χ2n) is 6.73. The lowest BCUT2D eigenvalue weighted by molar-refractivity contribution is -0.127. The van der Waals surface area contributed by atoms with E-state index in [1.807, 2.05) is 0 Å². The van der Waals surface area contributed by atoms with Crippen molar-refractivity contribution in [3.8, 4) is 0 Å². The molecule has 0 bridgehead atoms. The van der Waals surface area contributed by atoms with Crippen LogP contribution in [0.2, 0.25) is 0 Å². The van der Waals surface area contributed by atoms with Crippen molar-refractivity contribution in [2.45, 2.75) is 80.1 Å². The van der Waals surface area contributed by atoms with Crippen molar-refractivity contribution in [1.82, 2.24) is 15.0 Å². The van der Waals surface area contributed by atoms with Gasteiger partial charge in [0, 0.05) is 38.5 Å². The molecular formula is C21H30N6O6. The topological polar surface area (TPSA) is 151 Å². The van der Waals surface area contributed by atoms with Gasteiger partial charge in [-0.2, -0.15) is 15.0 Å². The Morgan fingerprint density at radius 1 is 0.424 bits per heavy atom. The number of nitrogens with zero attached hydrogens (tertiary/aromatic N) is 6. The van der Waals surface area contributed by atoms with Gasteiger partial charge in [-0.05, 0) is 0 Å². The number of rotatable bonds is 9. The minimum atomic E-state index is -0.643. The first-order valence-electron chi connectivity index (χ1n) is 10.9. The molecule has 180 valence electrons. The summed E-state index contributed by atoms with van der Waals surface area (Å²) in [5.41, 5.74) is 0. The van der Waals surface area contributed by atoms with Crippen LogP contribution in [0.15, 0.2) is 0 Å². The number of aromatic nitrogens is 3. The smallest absolute Gasteiger partial charge is 0.245 e. The van der Waals surface area contributed by atoms with Gasteiger partial charge in [-0.15, -0.1) is 0 Å². The van der Waals surface area contributed by atoms with E-state index in [2.05, 4.69) is 15.0 Å². The number of amides is 6. The van der Waals surface area contributed by atoms with Gasteiger partial charge in [-0.3, -0.25) is 28.8 Å². The Hall–Kier alpha value is -3.57. The van der Waals surface area contributed by atoms with E-state index in [-0.39, 0.29) is 38.5 Å². The van der Waals surface area contributed by atoms with Crippen molar-refractivity contribution >= 4 is 53.3 Å². The maximum atomic E-state index is 12.5. The Kier molecular flexibility index (Phi) is 10.4. The largest absolute Gasteiger partial charge is 0.274 e. The minimum Gasteiger partial charge on any atom is -0.274 e. The van der Waals surface area contributed by atoms with Crippen molar-refractivity contribution in [1.29, 1.82) is 0 Å². The van der Waals surface area contributed by atoms with Crippen LogP contribution in [0.1, 0.15) is 80.1 Å². The molecule has 0 aliphatic carbocycles. The molecule has 33 heavy (non-hydrogen) atoms. The molecule has 0 saturated heterocycles. The third-order valence-electron chi connectivity index (χ3n) is 4.51. The van der Waals surface area contributed by atoms with E-state index in [4.69, 9.17) is 0 Å². The van der Waals surface area contributed by atoms with Gasteiger partial charge in [0.15, 0.2) is 0 Å². The number of carbonyl (C=O) groups is 6. The number of hydrogen-bond donors (Lipinski definition) is 0. The maximum Gasteiger partial charge on any atom is 0.245 e. The number of imide groups is 3. The van der Waals surface area contributed by atoms with Crippen LogP contribution in [0.25, 0.3) is 0 Å². The molecule has 0 N–H and O–H groups in total. The SMILES string of the molecule is CCC(=O)N(C(=O)CC)c1nc(N(C(=O)CC)C(=O)CC)nc(N(C(=O)CC)C(=O)CC)n1. The summed E-state index contributed by atoms with van der Waals surface area (Å²) in [6, 6.07) is 0. The molecule has 12 heteroatoms. The predicted molar refractivity (Wildman–Crippen MR) is 119 cm³/mol. The maximum absolute atomic E-state index is 12.5. The second-order valence-corrected chi connectivity index (χ2v) is 6.73. The molecule has 1 aromatic heterocycles. The van der Waals surface area contributed by atoms with E-state index in [0.717, 1.165) is 0 Å². The molecule has 0 fully saturated rings. The fourth-order valence-corrected chi connectivity index (χ4v) is 2.68. The predicted octanol–water partition coefficient (Wildman–Crippen LogP) is 1.91.